The molecule has 1 atom stereocenters. The molecule has 0 aliphatic carbocycles. The van der Waals surface area contributed by atoms with Gasteiger partial charge in [-0.1, -0.05) is 13.8 Å². The summed E-state index contributed by atoms with van der Waals surface area (Å²) in [6, 6.07) is 1.32. The first kappa shape index (κ1) is 12.5. The average Bonchev–Trinajstić information content (AvgIpc) is 2.70. The fourth-order valence-corrected chi connectivity index (χ4v) is 1.84. The van der Waals surface area contributed by atoms with Gasteiger partial charge in [0, 0.05) is 13.0 Å². The Labute approximate surface area is 104 Å². The van der Waals surface area contributed by atoms with E-state index in [4.69, 9.17) is 14.3 Å². The molecule has 1 aliphatic heterocycles. The Kier molecular flexibility index (Phi) is 3.02. The minimum absolute atomic E-state index is 0.104. The maximum Gasteiger partial charge on any atom is 0.372 e. The van der Waals surface area contributed by atoms with Crippen molar-refractivity contribution in [2.45, 2.75) is 26.9 Å². The lowest BCUT2D eigenvalue weighted by Crippen LogP contribution is -2.44. The van der Waals surface area contributed by atoms with Crippen LogP contribution in [0.5, 0.6) is 5.95 Å². The maximum atomic E-state index is 11.6. The Morgan fingerprint density at radius 1 is 1.50 bits per heavy atom. The number of hydrogen-bond donors (Lipinski definition) is 1. The van der Waals surface area contributed by atoms with Crippen molar-refractivity contribution in [3.05, 3.63) is 11.8 Å². The molecule has 1 unspecified atom stereocenters. The molecular weight excluding hydrogens is 238 g/mol. The number of furan rings is 1. The fraction of sp³-hybridized carbons (Fsp3) is 0.500. The molecule has 2 rings (SSSR count). The SMILES string of the molecule is CC(=O)N1CC(C(C)C)Oc2oc(C(=O)O)cc21. The zero-order valence-corrected chi connectivity index (χ0v) is 10.5. The second kappa shape index (κ2) is 4.36. The largest absolute Gasteiger partial charge is 0.475 e. The first-order valence-corrected chi connectivity index (χ1v) is 5.72. The van der Waals surface area contributed by atoms with E-state index in [1.54, 1.807) is 0 Å². The molecule has 0 saturated carbocycles. The van der Waals surface area contributed by atoms with Crippen LogP contribution in [0, 0.1) is 5.92 Å². The van der Waals surface area contributed by atoms with Gasteiger partial charge >= 0.3 is 11.9 Å². The first-order chi connectivity index (χ1) is 8.40. The highest BCUT2D eigenvalue weighted by molar-refractivity contribution is 5.95. The molecule has 6 nitrogen and oxygen atoms in total. The summed E-state index contributed by atoms with van der Waals surface area (Å²) < 4.78 is 10.7. The van der Waals surface area contributed by atoms with Crippen molar-refractivity contribution in [1.29, 1.82) is 0 Å². The molecule has 1 N–H and O–H groups in total. The van der Waals surface area contributed by atoms with Crippen LogP contribution in [0.1, 0.15) is 31.3 Å². The molecule has 2 heterocycles. The van der Waals surface area contributed by atoms with Crippen LogP contribution in [0.25, 0.3) is 0 Å². The molecular formula is C12H15NO5. The zero-order chi connectivity index (χ0) is 13.4. The first-order valence-electron chi connectivity index (χ1n) is 5.72. The number of carboxylic acids is 1. The zero-order valence-electron chi connectivity index (χ0n) is 10.5. The van der Waals surface area contributed by atoms with Gasteiger partial charge in [-0.2, -0.15) is 0 Å². The van der Waals surface area contributed by atoms with Gasteiger partial charge in [0.2, 0.25) is 11.7 Å². The van der Waals surface area contributed by atoms with Gasteiger partial charge in [0.05, 0.1) is 6.54 Å². The lowest BCUT2D eigenvalue weighted by molar-refractivity contribution is -0.117. The van der Waals surface area contributed by atoms with Crippen molar-refractivity contribution in [3.8, 4) is 5.95 Å². The van der Waals surface area contributed by atoms with Crippen molar-refractivity contribution in [2.24, 2.45) is 5.92 Å². The van der Waals surface area contributed by atoms with Crippen molar-refractivity contribution in [2.75, 3.05) is 11.4 Å². The predicted molar refractivity (Wildman–Crippen MR) is 62.9 cm³/mol. The van der Waals surface area contributed by atoms with Crippen LogP contribution in [-0.2, 0) is 4.79 Å². The molecule has 1 aromatic heterocycles. The molecule has 0 bridgehead atoms. The number of aromatic carboxylic acids is 1. The summed E-state index contributed by atoms with van der Waals surface area (Å²) in [5.74, 6) is -1.28. The van der Waals surface area contributed by atoms with Crippen LogP contribution in [0.15, 0.2) is 10.5 Å². The third-order valence-corrected chi connectivity index (χ3v) is 2.93. The number of nitrogens with zero attached hydrogens (tertiary/aromatic N) is 1. The van der Waals surface area contributed by atoms with Crippen molar-refractivity contribution >= 4 is 17.6 Å². The van der Waals surface area contributed by atoms with Crippen LogP contribution in [0.3, 0.4) is 0 Å². The summed E-state index contributed by atoms with van der Waals surface area (Å²) in [6.45, 7) is 5.77. The van der Waals surface area contributed by atoms with Crippen LogP contribution in [0.4, 0.5) is 5.69 Å². The van der Waals surface area contributed by atoms with E-state index in [-0.39, 0.29) is 29.6 Å². The van der Waals surface area contributed by atoms with E-state index in [0.29, 0.717) is 12.2 Å². The number of anilines is 1. The highest BCUT2D eigenvalue weighted by Gasteiger charge is 2.34. The number of hydrogen-bond acceptors (Lipinski definition) is 4. The molecule has 0 aromatic carbocycles. The van der Waals surface area contributed by atoms with Gasteiger partial charge in [0.25, 0.3) is 0 Å². The summed E-state index contributed by atoms with van der Waals surface area (Å²) >= 11 is 0. The van der Waals surface area contributed by atoms with Gasteiger partial charge in [0.1, 0.15) is 11.8 Å². The number of ether oxygens (including phenoxy) is 1. The number of carbonyl (C=O) groups excluding carboxylic acids is 1. The van der Waals surface area contributed by atoms with Gasteiger partial charge in [-0.15, -0.1) is 0 Å². The normalized spacial score (nSPS) is 18.4. The number of fused-ring (bicyclic) bond motifs is 1. The number of carbonyl (C=O) groups is 2. The van der Waals surface area contributed by atoms with E-state index in [0.717, 1.165) is 0 Å². The molecule has 1 amide bonds. The highest BCUT2D eigenvalue weighted by atomic mass is 16.6. The summed E-state index contributed by atoms with van der Waals surface area (Å²) in [4.78, 5) is 23.9. The van der Waals surface area contributed by atoms with Gasteiger partial charge in [0.15, 0.2) is 0 Å². The molecule has 98 valence electrons. The van der Waals surface area contributed by atoms with Crippen molar-refractivity contribution in [1.82, 2.24) is 0 Å². The Morgan fingerprint density at radius 3 is 2.67 bits per heavy atom. The Bertz CT molecular complexity index is 491. The number of carboxylic acid groups (broad SMARTS) is 1. The Hall–Kier alpha value is -1.98. The van der Waals surface area contributed by atoms with E-state index in [2.05, 4.69) is 0 Å². The van der Waals surface area contributed by atoms with Crippen molar-refractivity contribution < 1.29 is 23.8 Å². The third-order valence-electron chi connectivity index (χ3n) is 2.93. The van der Waals surface area contributed by atoms with Crippen molar-refractivity contribution in [3.63, 3.8) is 0 Å². The van der Waals surface area contributed by atoms with Crippen LogP contribution >= 0.6 is 0 Å². The topological polar surface area (TPSA) is 80.0 Å². The van der Waals surface area contributed by atoms with Gasteiger partial charge in [-0.25, -0.2) is 4.79 Å². The smallest absolute Gasteiger partial charge is 0.372 e. The standard InChI is InChI=1S/C12H15NO5/c1-6(2)10-5-13(7(3)14)8-4-9(11(15)16)17-12(8)18-10/h4,6,10H,5H2,1-3H3,(H,15,16). The second-order valence-electron chi connectivity index (χ2n) is 4.62. The fourth-order valence-electron chi connectivity index (χ4n) is 1.84. The van der Waals surface area contributed by atoms with Gasteiger partial charge < -0.3 is 19.2 Å². The molecule has 6 heteroatoms. The molecule has 1 aromatic rings. The second-order valence-corrected chi connectivity index (χ2v) is 4.62. The highest BCUT2D eigenvalue weighted by Crippen LogP contribution is 2.38. The molecule has 1 aliphatic rings. The van der Waals surface area contributed by atoms with E-state index < -0.39 is 5.97 Å². The van der Waals surface area contributed by atoms with E-state index in [1.165, 1.54) is 17.9 Å². The predicted octanol–water partition coefficient (Wildman–Crippen LogP) is 1.75. The Morgan fingerprint density at radius 2 is 2.17 bits per heavy atom. The third kappa shape index (κ3) is 2.05. The maximum absolute atomic E-state index is 11.6. The lowest BCUT2D eigenvalue weighted by Gasteiger charge is -2.33. The van der Waals surface area contributed by atoms with E-state index >= 15 is 0 Å². The summed E-state index contributed by atoms with van der Waals surface area (Å²) in [5.41, 5.74) is 0.386. The van der Waals surface area contributed by atoms with Crippen LogP contribution in [-0.4, -0.2) is 29.6 Å². The van der Waals surface area contributed by atoms with E-state index in [1.807, 2.05) is 13.8 Å². The number of rotatable bonds is 2. The van der Waals surface area contributed by atoms with Gasteiger partial charge in [-0.05, 0) is 5.92 Å². The Balaban J connectivity index is 2.41. The minimum Gasteiger partial charge on any atom is -0.475 e. The summed E-state index contributed by atoms with van der Waals surface area (Å²) in [7, 11) is 0. The molecule has 0 saturated heterocycles. The number of amides is 1. The average molecular weight is 253 g/mol. The lowest BCUT2D eigenvalue weighted by atomic mass is 10.1. The molecule has 0 spiro atoms. The molecule has 0 fully saturated rings. The van der Waals surface area contributed by atoms with Gasteiger partial charge in [-0.3, -0.25) is 4.79 Å². The van der Waals surface area contributed by atoms with E-state index in [9.17, 15) is 9.59 Å². The molecule has 18 heavy (non-hydrogen) atoms. The quantitative estimate of drug-likeness (QED) is 0.868. The molecule has 0 radical (unpaired) electrons. The summed E-state index contributed by atoms with van der Waals surface area (Å²) in [6.07, 6.45) is -0.200. The monoisotopic (exact) mass is 253 g/mol. The summed E-state index contributed by atoms with van der Waals surface area (Å²) in [5, 5.41) is 8.88. The van der Waals surface area contributed by atoms with Crippen LogP contribution < -0.4 is 9.64 Å². The van der Waals surface area contributed by atoms with Crippen LogP contribution in [0.2, 0.25) is 0 Å². The minimum atomic E-state index is -1.18.